The summed E-state index contributed by atoms with van der Waals surface area (Å²) in [6.07, 6.45) is 10.6. The first-order chi connectivity index (χ1) is 8.24. The van der Waals surface area contributed by atoms with E-state index < -0.39 is 0 Å². The molecule has 0 amide bonds. The average molecular weight is 240 g/mol. The molecular formula is C15H28O2. The second kappa shape index (κ2) is 6.75. The molecule has 0 N–H and O–H groups in total. The number of rotatable bonds is 8. The molecular weight excluding hydrogens is 212 g/mol. The average Bonchev–Trinajstić information content (AvgIpc) is 3.01. The maximum atomic E-state index is 5.88. The van der Waals surface area contributed by atoms with Crippen molar-refractivity contribution in [1.29, 1.82) is 0 Å². The van der Waals surface area contributed by atoms with Crippen LogP contribution in [-0.2, 0) is 9.47 Å². The van der Waals surface area contributed by atoms with Crippen molar-refractivity contribution in [3.8, 4) is 0 Å². The first kappa shape index (κ1) is 13.4. The Kier molecular flexibility index (Phi) is 5.30. The van der Waals surface area contributed by atoms with Gasteiger partial charge in [-0.1, -0.05) is 39.5 Å². The monoisotopic (exact) mass is 240 g/mol. The van der Waals surface area contributed by atoms with Gasteiger partial charge in [-0.25, -0.2) is 0 Å². The minimum atomic E-state index is 0.431. The van der Waals surface area contributed by atoms with Gasteiger partial charge in [0.25, 0.3) is 0 Å². The van der Waals surface area contributed by atoms with Crippen molar-refractivity contribution in [3.63, 3.8) is 0 Å². The molecule has 2 aliphatic rings. The lowest BCUT2D eigenvalue weighted by Gasteiger charge is -2.12. The third-order valence-electron chi connectivity index (χ3n) is 4.06. The van der Waals surface area contributed by atoms with Crippen molar-refractivity contribution >= 4 is 0 Å². The molecule has 0 radical (unpaired) electrons. The van der Waals surface area contributed by atoms with Crippen LogP contribution in [0.2, 0.25) is 0 Å². The lowest BCUT2D eigenvalue weighted by molar-refractivity contribution is 0.0446. The van der Waals surface area contributed by atoms with E-state index in [0.717, 1.165) is 25.0 Å². The topological polar surface area (TPSA) is 21.8 Å². The Morgan fingerprint density at radius 3 is 2.76 bits per heavy atom. The number of ether oxygens (including phenoxy) is 2. The van der Waals surface area contributed by atoms with Crippen LogP contribution < -0.4 is 0 Å². The summed E-state index contributed by atoms with van der Waals surface area (Å²) in [5, 5.41) is 0. The summed E-state index contributed by atoms with van der Waals surface area (Å²) < 4.78 is 11.0. The highest BCUT2D eigenvalue weighted by atomic mass is 16.6. The molecule has 1 aliphatic carbocycles. The fourth-order valence-electron chi connectivity index (χ4n) is 2.84. The van der Waals surface area contributed by atoms with E-state index in [4.69, 9.17) is 9.47 Å². The highest BCUT2D eigenvalue weighted by Gasteiger charge is 2.28. The van der Waals surface area contributed by atoms with E-state index in [0.29, 0.717) is 12.2 Å². The van der Waals surface area contributed by atoms with Gasteiger partial charge in [-0.3, -0.25) is 0 Å². The van der Waals surface area contributed by atoms with Crippen LogP contribution in [0, 0.1) is 11.8 Å². The van der Waals surface area contributed by atoms with Crippen molar-refractivity contribution < 1.29 is 9.47 Å². The van der Waals surface area contributed by atoms with Crippen molar-refractivity contribution in [2.75, 3.05) is 13.2 Å². The molecule has 1 saturated carbocycles. The third kappa shape index (κ3) is 5.39. The first-order valence-electron chi connectivity index (χ1n) is 7.47. The molecule has 1 saturated heterocycles. The predicted octanol–water partition coefficient (Wildman–Crippen LogP) is 3.79. The normalized spacial score (nSPS) is 32.3. The molecule has 17 heavy (non-hydrogen) atoms. The van der Waals surface area contributed by atoms with Crippen LogP contribution in [0.4, 0.5) is 0 Å². The first-order valence-corrected chi connectivity index (χ1v) is 7.47. The summed E-state index contributed by atoms with van der Waals surface area (Å²) in [5.74, 6) is 1.81. The molecule has 3 atom stereocenters. The predicted molar refractivity (Wildman–Crippen MR) is 70.1 cm³/mol. The van der Waals surface area contributed by atoms with Gasteiger partial charge in [0.15, 0.2) is 0 Å². The maximum Gasteiger partial charge on any atom is 0.104 e. The largest absolute Gasteiger partial charge is 0.375 e. The summed E-state index contributed by atoms with van der Waals surface area (Å²) in [5.41, 5.74) is 0. The van der Waals surface area contributed by atoms with Crippen LogP contribution in [0.5, 0.6) is 0 Å². The molecule has 1 aliphatic heterocycles. The third-order valence-corrected chi connectivity index (χ3v) is 4.06. The summed E-state index contributed by atoms with van der Waals surface area (Å²) >= 11 is 0. The molecule has 3 unspecified atom stereocenters. The SMILES string of the molecule is CC(C)CCCCC1CCC(OCC2CO2)C1. The molecule has 0 spiro atoms. The zero-order valence-corrected chi connectivity index (χ0v) is 11.5. The van der Waals surface area contributed by atoms with Crippen LogP contribution in [-0.4, -0.2) is 25.4 Å². The quantitative estimate of drug-likeness (QED) is 0.475. The Balaban J connectivity index is 1.48. The Labute approximate surface area is 106 Å². The number of hydrogen-bond acceptors (Lipinski definition) is 2. The van der Waals surface area contributed by atoms with Gasteiger partial charge in [0.05, 0.1) is 19.3 Å². The lowest BCUT2D eigenvalue weighted by atomic mass is 9.97. The second-order valence-electron chi connectivity index (χ2n) is 6.27. The maximum absolute atomic E-state index is 5.88. The molecule has 0 aromatic carbocycles. The molecule has 100 valence electrons. The summed E-state index contributed by atoms with van der Waals surface area (Å²) in [6.45, 7) is 6.40. The number of hydrogen-bond donors (Lipinski definition) is 0. The van der Waals surface area contributed by atoms with E-state index >= 15 is 0 Å². The van der Waals surface area contributed by atoms with Gasteiger partial charge in [-0.2, -0.15) is 0 Å². The lowest BCUT2D eigenvalue weighted by Crippen LogP contribution is -2.12. The fourth-order valence-corrected chi connectivity index (χ4v) is 2.84. The van der Waals surface area contributed by atoms with Crippen LogP contribution in [0.3, 0.4) is 0 Å². The van der Waals surface area contributed by atoms with Crippen molar-refractivity contribution in [2.45, 2.75) is 71.0 Å². The van der Waals surface area contributed by atoms with E-state index in [2.05, 4.69) is 13.8 Å². The van der Waals surface area contributed by atoms with Crippen LogP contribution in [0.25, 0.3) is 0 Å². The molecule has 0 aromatic heterocycles. The standard InChI is InChI=1S/C15H28O2/c1-12(2)5-3-4-6-13-7-8-14(9-13)16-10-15-11-17-15/h12-15H,3-11H2,1-2H3. The van der Waals surface area contributed by atoms with Crippen molar-refractivity contribution in [1.82, 2.24) is 0 Å². The van der Waals surface area contributed by atoms with Gasteiger partial charge in [0.2, 0.25) is 0 Å². The van der Waals surface area contributed by atoms with E-state index in [-0.39, 0.29) is 0 Å². The van der Waals surface area contributed by atoms with Crippen LogP contribution in [0.1, 0.15) is 58.8 Å². The zero-order chi connectivity index (χ0) is 12.1. The van der Waals surface area contributed by atoms with Gasteiger partial charge in [0, 0.05) is 0 Å². The highest BCUT2D eigenvalue weighted by Crippen LogP contribution is 2.32. The van der Waals surface area contributed by atoms with Crippen LogP contribution >= 0.6 is 0 Å². The molecule has 2 heteroatoms. The van der Waals surface area contributed by atoms with E-state index in [1.165, 1.54) is 44.9 Å². The van der Waals surface area contributed by atoms with Gasteiger partial charge in [-0.05, 0) is 31.1 Å². The number of epoxide rings is 1. The van der Waals surface area contributed by atoms with Gasteiger partial charge in [0.1, 0.15) is 6.10 Å². The zero-order valence-electron chi connectivity index (χ0n) is 11.5. The molecule has 2 fully saturated rings. The van der Waals surface area contributed by atoms with Crippen LogP contribution in [0.15, 0.2) is 0 Å². The fraction of sp³-hybridized carbons (Fsp3) is 1.00. The highest BCUT2D eigenvalue weighted by molar-refractivity contribution is 4.77. The molecule has 2 rings (SSSR count). The Morgan fingerprint density at radius 2 is 2.06 bits per heavy atom. The van der Waals surface area contributed by atoms with Crippen molar-refractivity contribution in [2.24, 2.45) is 11.8 Å². The number of unbranched alkanes of at least 4 members (excludes halogenated alkanes) is 1. The van der Waals surface area contributed by atoms with Gasteiger partial charge < -0.3 is 9.47 Å². The van der Waals surface area contributed by atoms with Gasteiger partial charge >= 0.3 is 0 Å². The molecule has 2 nitrogen and oxygen atoms in total. The molecule has 0 bridgehead atoms. The summed E-state index contributed by atoms with van der Waals surface area (Å²) in [4.78, 5) is 0. The van der Waals surface area contributed by atoms with E-state index in [1.54, 1.807) is 0 Å². The second-order valence-corrected chi connectivity index (χ2v) is 6.27. The van der Waals surface area contributed by atoms with Gasteiger partial charge in [-0.15, -0.1) is 0 Å². The smallest absolute Gasteiger partial charge is 0.104 e. The minimum absolute atomic E-state index is 0.431. The van der Waals surface area contributed by atoms with E-state index in [9.17, 15) is 0 Å². The Hall–Kier alpha value is -0.0800. The minimum Gasteiger partial charge on any atom is -0.375 e. The Bertz CT molecular complexity index is 211. The van der Waals surface area contributed by atoms with Crippen molar-refractivity contribution in [3.05, 3.63) is 0 Å². The summed E-state index contributed by atoms with van der Waals surface area (Å²) in [7, 11) is 0. The molecule has 0 aromatic rings. The Morgan fingerprint density at radius 1 is 1.24 bits per heavy atom. The van der Waals surface area contributed by atoms with E-state index in [1.807, 2.05) is 0 Å². The summed E-state index contributed by atoms with van der Waals surface area (Å²) in [6, 6.07) is 0. The molecule has 1 heterocycles.